The van der Waals surface area contributed by atoms with E-state index < -0.39 is 7.82 Å². The van der Waals surface area contributed by atoms with Crippen molar-refractivity contribution in [3.63, 3.8) is 0 Å². The number of hydrogen-bond acceptors (Lipinski definition) is 3. The SMILES string of the molecule is COc1ccccc1O.O=P(O)(O)O. The molecule has 0 aromatic heterocycles. The Labute approximate surface area is 80.6 Å². The second-order valence-electron chi connectivity index (χ2n) is 2.19. The van der Waals surface area contributed by atoms with Gasteiger partial charge < -0.3 is 24.5 Å². The van der Waals surface area contributed by atoms with Crippen molar-refractivity contribution in [2.45, 2.75) is 0 Å². The second kappa shape index (κ2) is 5.62. The smallest absolute Gasteiger partial charge is 0.466 e. The summed E-state index contributed by atoms with van der Waals surface area (Å²) in [5, 5.41) is 8.99. The summed E-state index contributed by atoms with van der Waals surface area (Å²) in [5.41, 5.74) is 0. The van der Waals surface area contributed by atoms with Crippen molar-refractivity contribution < 1.29 is 29.1 Å². The number of ether oxygens (including phenoxy) is 1. The third kappa shape index (κ3) is 7.57. The summed E-state index contributed by atoms with van der Waals surface area (Å²) in [6.45, 7) is 0. The Morgan fingerprint density at radius 1 is 1.21 bits per heavy atom. The van der Waals surface area contributed by atoms with Crippen LogP contribution >= 0.6 is 7.82 Å². The number of hydrogen-bond donors (Lipinski definition) is 4. The summed E-state index contributed by atoms with van der Waals surface area (Å²) in [6.07, 6.45) is 0. The highest BCUT2D eigenvalue weighted by molar-refractivity contribution is 7.45. The normalized spacial score (nSPS) is 10.0. The highest BCUT2D eigenvalue weighted by Crippen LogP contribution is 2.25. The van der Waals surface area contributed by atoms with Gasteiger partial charge in [-0.05, 0) is 12.1 Å². The van der Waals surface area contributed by atoms with Crippen molar-refractivity contribution in [3.05, 3.63) is 24.3 Å². The van der Waals surface area contributed by atoms with Gasteiger partial charge in [-0.3, -0.25) is 0 Å². The molecule has 0 bridgehead atoms. The van der Waals surface area contributed by atoms with E-state index in [-0.39, 0.29) is 5.75 Å². The number of aromatic hydroxyl groups is 1. The number of methoxy groups -OCH3 is 1. The molecule has 1 rings (SSSR count). The van der Waals surface area contributed by atoms with E-state index in [1.807, 2.05) is 0 Å². The number of phenols is 1. The van der Waals surface area contributed by atoms with E-state index in [9.17, 15) is 0 Å². The monoisotopic (exact) mass is 222 g/mol. The first-order chi connectivity index (χ1) is 6.34. The minimum absolute atomic E-state index is 0.181. The van der Waals surface area contributed by atoms with E-state index in [1.54, 1.807) is 24.3 Å². The molecule has 0 amide bonds. The molecule has 0 heterocycles. The molecule has 0 atom stereocenters. The highest BCUT2D eigenvalue weighted by atomic mass is 31.2. The fourth-order valence-corrected chi connectivity index (χ4v) is 0.630. The van der Waals surface area contributed by atoms with Gasteiger partial charge in [0, 0.05) is 0 Å². The van der Waals surface area contributed by atoms with E-state index in [0.717, 1.165) is 0 Å². The predicted octanol–water partition coefficient (Wildman–Crippen LogP) is 0.472. The molecule has 0 saturated carbocycles. The molecule has 1 aromatic carbocycles. The maximum Gasteiger partial charge on any atom is 0.466 e. The third-order valence-corrected chi connectivity index (χ3v) is 1.09. The summed E-state index contributed by atoms with van der Waals surface area (Å²) in [5.74, 6) is 0.692. The van der Waals surface area contributed by atoms with Crippen LogP contribution in [0.15, 0.2) is 24.3 Å². The molecule has 0 radical (unpaired) electrons. The molecule has 0 unspecified atom stereocenters. The van der Waals surface area contributed by atoms with Gasteiger partial charge in [0.2, 0.25) is 0 Å². The van der Waals surface area contributed by atoms with Crippen LogP contribution in [0.1, 0.15) is 0 Å². The Balaban J connectivity index is 0.000000292. The van der Waals surface area contributed by atoms with Gasteiger partial charge in [0.15, 0.2) is 11.5 Å². The first-order valence-electron chi connectivity index (χ1n) is 3.45. The van der Waals surface area contributed by atoms with Crippen LogP contribution in [0.3, 0.4) is 0 Å². The van der Waals surface area contributed by atoms with Crippen LogP contribution in [0, 0.1) is 0 Å². The molecule has 0 aliphatic rings. The quantitative estimate of drug-likeness (QED) is 0.514. The molecule has 0 aliphatic carbocycles. The van der Waals surface area contributed by atoms with Crippen molar-refractivity contribution in [2.75, 3.05) is 7.11 Å². The summed E-state index contributed by atoms with van der Waals surface area (Å²) < 4.78 is 13.7. The molecule has 1 aromatic rings. The number of phenolic OH excluding ortho intramolecular Hbond substituents is 1. The fraction of sp³-hybridized carbons (Fsp3) is 0.143. The molecule has 7 heteroatoms. The van der Waals surface area contributed by atoms with Gasteiger partial charge in [0.05, 0.1) is 7.11 Å². The summed E-state index contributed by atoms with van der Waals surface area (Å²) in [6, 6.07) is 6.84. The summed E-state index contributed by atoms with van der Waals surface area (Å²) in [4.78, 5) is 21.6. The van der Waals surface area contributed by atoms with E-state index in [1.165, 1.54) is 7.11 Å². The molecule has 6 nitrogen and oxygen atoms in total. The lowest BCUT2D eigenvalue weighted by Crippen LogP contribution is -1.80. The van der Waals surface area contributed by atoms with Gasteiger partial charge in [-0.1, -0.05) is 12.1 Å². The lowest BCUT2D eigenvalue weighted by Gasteiger charge is -1.99. The molecule has 0 aliphatic heterocycles. The van der Waals surface area contributed by atoms with Crippen LogP contribution in [0.2, 0.25) is 0 Å². The Kier molecular flexibility index (Phi) is 5.19. The third-order valence-electron chi connectivity index (χ3n) is 1.09. The topological polar surface area (TPSA) is 107 Å². The fourth-order valence-electron chi connectivity index (χ4n) is 0.630. The minimum Gasteiger partial charge on any atom is -0.504 e. The van der Waals surface area contributed by atoms with Gasteiger partial charge in [-0.2, -0.15) is 0 Å². The van der Waals surface area contributed by atoms with Crippen LogP contribution in [0.25, 0.3) is 0 Å². The lowest BCUT2D eigenvalue weighted by atomic mass is 10.3. The first-order valence-corrected chi connectivity index (χ1v) is 5.01. The molecule has 0 fully saturated rings. The average Bonchev–Trinajstić information content (AvgIpc) is 2.02. The van der Waals surface area contributed by atoms with E-state index in [0.29, 0.717) is 5.75 Å². The average molecular weight is 222 g/mol. The molecule has 4 N–H and O–H groups in total. The zero-order chi connectivity index (χ0) is 11.2. The molecule has 80 valence electrons. The van der Waals surface area contributed by atoms with Crippen molar-refractivity contribution in [1.29, 1.82) is 0 Å². The molecule has 14 heavy (non-hydrogen) atoms. The Morgan fingerprint density at radius 2 is 1.64 bits per heavy atom. The minimum atomic E-state index is -4.64. The van der Waals surface area contributed by atoms with Gasteiger partial charge in [-0.25, -0.2) is 4.57 Å². The molecular weight excluding hydrogens is 211 g/mol. The Hall–Kier alpha value is -1.07. The maximum absolute atomic E-state index is 8.99. The van der Waals surface area contributed by atoms with Crippen molar-refractivity contribution >= 4 is 7.82 Å². The molecule has 0 spiro atoms. The number of phosphoric acid groups is 1. The van der Waals surface area contributed by atoms with Gasteiger partial charge in [-0.15, -0.1) is 0 Å². The number of rotatable bonds is 1. The van der Waals surface area contributed by atoms with Crippen molar-refractivity contribution in [3.8, 4) is 11.5 Å². The Bertz CT molecular complexity index is 311. The number of para-hydroxylation sites is 2. The Morgan fingerprint density at radius 3 is 1.93 bits per heavy atom. The van der Waals surface area contributed by atoms with Crippen molar-refractivity contribution in [1.82, 2.24) is 0 Å². The van der Waals surface area contributed by atoms with E-state index in [2.05, 4.69) is 0 Å². The van der Waals surface area contributed by atoms with E-state index in [4.69, 9.17) is 29.1 Å². The number of benzene rings is 1. The van der Waals surface area contributed by atoms with E-state index >= 15 is 0 Å². The van der Waals surface area contributed by atoms with Crippen LogP contribution in [0.4, 0.5) is 0 Å². The first kappa shape index (κ1) is 12.9. The maximum atomic E-state index is 8.99. The standard InChI is InChI=1S/C7H8O2.H3O4P/c1-9-7-5-3-2-4-6(7)8;1-5(2,3)4/h2-5,8H,1H3;(H3,1,2,3,4). The summed E-state index contributed by atoms with van der Waals surface area (Å²) in [7, 11) is -3.12. The van der Waals surface area contributed by atoms with Crippen LogP contribution < -0.4 is 4.74 Å². The molecular formula is C7H11O6P. The largest absolute Gasteiger partial charge is 0.504 e. The lowest BCUT2D eigenvalue weighted by molar-refractivity contribution is 0.275. The molecule has 0 saturated heterocycles. The second-order valence-corrected chi connectivity index (χ2v) is 3.21. The zero-order valence-corrected chi connectivity index (χ0v) is 8.26. The van der Waals surface area contributed by atoms with Crippen LogP contribution in [0.5, 0.6) is 11.5 Å². The van der Waals surface area contributed by atoms with Crippen LogP contribution in [-0.2, 0) is 4.57 Å². The van der Waals surface area contributed by atoms with Gasteiger partial charge >= 0.3 is 7.82 Å². The van der Waals surface area contributed by atoms with Gasteiger partial charge in [0.1, 0.15) is 0 Å². The highest BCUT2D eigenvalue weighted by Gasteiger charge is 2.00. The van der Waals surface area contributed by atoms with Crippen LogP contribution in [-0.4, -0.2) is 26.9 Å². The van der Waals surface area contributed by atoms with Gasteiger partial charge in [0.25, 0.3) is 0 Å². The summed E-state index contributed by atoms with van der Waals surface area (Å²) >= 11 is 0. The van der Waals surface area contributed by atoms with Crippen molar-refractivity contribution in [2.24, 2.45) is 0 Å². The predicted molar refractivity (Wildman–Crippen MR) is 48.9 cm³/mol. The zero-order valence-electron chi connectivity index (χ0n) is 7.36.